The van der Waals surface area contributed by atoms with E-state index < -0.39 is 0 Å². The summed E-state index contributed by atoms with van der Waals surface area (Å²) in [5, 5.41) is 7.88. The van der Waals surface area contributed by atoms with E-state index >= 15 is 0 Å². The van der Waals surface area contributed by atoms with E-state index in [0.29, 0.717) is 4.88 Å². The number of nitrogens with one attached hydrogen (secondary N) is 2. The molecule has 1 aliphatic rings. The van der Waals surface area contributed by atoms with Gasteiger partial charge in [0.05, 0.1) is 18.2 Å². The molecule has 4 heterocycles. The van der Waals surface area contributed by atoms with Gasteiger partial charge in [0.2, 0.25) is 0 Å². The number of fused-ring (bicyclic) bond motifs is 3. The maximum Gasteiger partial charge on any atom is 0.348 e. The molecule has 0 saturated heterocycles. The molecule has 3 aromatic heterocycles. The fourth-order valence-electron chi connectivity index (χ4n) is 2.89. The fourth-order valence-corrected chi connectivity index (χ4v) is 4.94. The van der Waals surface area contributed by atoms with Crippen LogP contribution in [0.5, 0.6) is 0 Å². The van der Waals surface area contributed by atoms with Crippen LogP contribution in [-0.4, -0.2) is 29.6 Å². The van der Waals surface area contributed by atoms with Gasteiger partial charge in [-0.1, -0.05) is 0 Å². The van der Waals surface area contributed by atoms with Crippen LogP contribution in [0, 0.1) is 6.92 Å². The van der Waals surface area contributed by atoms with Crippen LogP contribution < -0.4 is 10.6 Å². The van der Waals surface area contributed by atoms with Crippen molar-refractivity contribution in [2.75, 3.05) is 19.0 Å². The van der Waals surface area contributed by atoms with Crippen molar-refractivity contribution in [1.82, 2.24) is 15.3 Å². The monoisotopic (exact) mass is 360 g/mol. The highest BCUT2D eigenvalue weighted by molar-refractivity contribution is 7.19. The lowest BCUT2D eigenvalue weighted by atomic mass is 10.1. The molecule has 4 rings (SSSR count). The van der Waals surface area contributed by atoms with Crippen molar-refractivity contribution in [3.8, 4) is 0 Å². The number of anilines is 2. The molecule has 1 aliphatic heterocycles. The highest BCUT2D eigenvalue weighted by Gasteiger charge is 2.20. The van der Waals surface area contributed by atoms with Crippen LogP contribution in [0.25, 0.3) is 10.2 Å². The van der Waals surface area contributed by atoms with Crippen molar-refractivity contribution < 1.29 is 9.53 Å². The van der Waals surface area contributed by atoms with Gasteiger partial charge >= 0.3 is 5.97 Å². The molecule has 124 valence electrons. The SMILES string of the molecule is COC(=O)c1cc(Nc2ncnc3sc4c(c23)CCNC4)c(C)s1. The number of carbonyl (C=O) groups is 1. The fraction of sp³-hybridized carbons (Fsp3) is 0.312. The lowest BCUT2D eigenvalue weighted by Crippen LogP contribution is -2.22. The zero-order valence-electron chi connectivity index (χ0n) is 13.3. The third-order valence-corrected chi connectivity index (χ3v) is 6.24. The van der Waals surface area contributed by atoms with E-state index in [1.807, 2.05) is 13.0 Å². The first-order chi connectivity index (χ1) is 11.7. The standard InChI is InChI=1S/C16H16N4O2S2/c1-8-10(5-11(23-8)16(21)22-2)20-14-13-9-3-4-17-6-12(9)24-15(13)19-7-18-14/h5,7,17H,3-4,6H2,1-2H3,(H,18,19,20). The van der Waals surface area contributed by atoms with Crippen molar-refractivity contribution in [3.05, 3.63) is 32.6 Å². The van der Waals surface area contributed by atoms with Gasteiger partial charge < -0.3 is 15.4 Å². The second-order valence-electron chi connectivity index (χ2n) is 5.53. The third kappa shape index (κ3) is 2.56. The number of carbonyl (C=O) groups excluding carboxylic acids is 1. The molecule has 0 fully saturated rings. The average Bonchev–Trinajstić information content (AvgIpc) is 3.15. The van der Waals surface area contributed by atoms with Crippen molar-refractivity contribution in [3.63, 3.8) is 0 Å². The number of hydrogen-bond donors (Lipinski definition) is 2. The topological polar surface area (TPSA) is 76.1 Å². The molecule has 0 atom stereocenters. The van der Waals surface area contributed by atoms with E-state index in [1.54, 1.807) is 17.7 Å². The molecular weight excluding hydrogens is 344 g/mol. The van der Waals surface area contributed by atoms with Crippen LogP contribution in [0.15, 0.2) is 12.4 Å². The second-order valence-corrected chi connectivity index (χ2v) is 7.87. The van der Waals surface area contributed by atoms with Gasteiger partial charge in [-0.05, 0) is 31.5 Å². The zero-order valence-corrected chi connectivity index (χ0v) is 14.9. The summed E-state index contributed by atoms with van der Waals surface area (Å²) in [7, 11) is 1.39. The molecule has 0 aromatic carbocycles. The first kappa shape index (κ1) is 15.5. The van der Waals surface area contributed by atoms with Gasteiger partial charge in [0.25, 0.3) is 0 Å². The summed E-state index contributed by atoms with van der Waals surface area (Å²) in [6.45, 7) is 3.84. The first-order valence-corrected chi connectivity index (χ1v) is 9.22. The Kier molecular flexibility index (Phi) is 3.95. The van der Waals surface area contributed by atoms with Crippen molar-refractivity contribution in [1.29, 1.82) is 0 Å². The number of methoxy groups -OCH3 is 1. The van der Waals surface area contributed by atoms with Gasteiger partial charge in [-0.15, -0.1) is 22.7 Å². The largest absolute Gasteiger partial charge is 0.465 e. The predicted molar refractivity (Wildman–Crippen MR) is 96.5 cm³/mol. The molecule has 0 bridgehead atoms. The number of rotatable bonds is 3. The summed E-state index contributed by atoms with van der Waals surface area (Å²) in [6.07, 6.45) is 2.57. The summed E-state index contributed by atoms with van der Waals surface area (Å²) < 4.78 is 4.80. The van der Waals surface area contributed by atoms with Gasteiger partial charge in [-0.25, -0.2) is 14.8 Å². The number of aromatic nitrogens is 2. The molecule has 8 heteroatoms. The maximum atomic E-state index is 11.7. The minimum absolute atomic E-state index is 0.317. The van der Waals surface area contributed by atoms with E-state index in [0.717, 1.165) is 46.1 Å². The van der Waals surface area contributed by atoms with Crippen molar-refractivity contribution >= 4 is 50.4 Å². The minimum atomic E-state index is -0.317. The average molecular weight is 360 g/mol. The second kappa shape index (κ2) is 6.12. The molecule has 0 unspecified atom stereocenters. The molecule has 2 N–H and O–H groups in total. The number of hydrogen-bond acceptors (Lipinski definition) is 8. The zero-order chi connectivity index (χ0) is 16.7. The van der Waals surface area contributed by atoms with Crippen LogP contribution in [0.1, 0.15) is 25.0 Å². The van der Waals surface area contributed by atoms with E-state index in [2.05, 4.69) is 20.6 Å². The lowest BCUT2D eigenvalue weighted by molar-refractivity contribution is 0.0606. The molecule has 0 aliphatic carbocycles. The van der Waals surface area contributed by atoms with Gasteiger partial charge in [0, 0.05) is 16.3 Å². The number of ether oxygens (including phenoxy) is 1. The normalized spacial score (nSPS) is 13.8. The van der Waals surface area contributed by atoms with Gasteiger partial charge in [-0.2, -0.15) is 0 Å². The van der Waals surface area contributed by atoms with Crippen molar-refractivity contribution in [2.24, 2.45) is 0 Å². The van der Waals surface area contributed by atoms with E-state index in [1.165, 1.54) is 28.9 Å². The van der Waals surface area contributed by atoms with Gasteiger partial charge in [0.15, 0.2) is 0 Å². The number of nitrogens with zero attached hydrogens (tertiary/aromatic N) is 2. The first-order valence-electron chi connectivity index (χ1n) is 7.59. The molecule has 0 saturated carbocycles. The van der Waals surface area contributed by atoms with Crippen LogP contribution in [0.3, 0.4) is 0 Å². The maximum absolute atomic E-state index is 11.7. The van der Waals surface area contributed by atoms with Gasteiger partial charge in [0.1, 0.15) is 21.9 Å². The highest BCUT2D eigenvalue weighted by atomic mass is 32.1. The van der Waals surface area contributed by atoms with E-state index in [9.17, 15) is 4.79 Å². The Hall–Kier alpha value is -2.03. The van der Waals surface area contributed by atoms with Gasteiger partial charge in [-0.3, -0.25) is 0 Å². The summed E-state index contributed by atoms with van der Waals surface area (Å²) in [6, 6.07) is 1.82. The smallest absolute Gasteiger partial charge is 0.348 e. The Bertz CT molecular complexity index is 932. The van der Waals surface area contributed by atoms with E-state index in [4.69, 9.17) is 4.74 Å². The highest BCUT2D eigenvalue weighted by Crippen LogP contribution is 2.37. The Labute approximate surface area is 146 Å². The molecule has 0 spiro atoms. The Morgan fingerprint density at radius 2 is 2.25 bits per heavy atom. The van der Waals surface area contributed by atoms with Crippen LogP contribution in [0.2, 0.25) is 0 Å². The third-order valence-electron chi connectivity index (χ3n) is 4.07. The number of thiophene rings is 2. The number of esters is 1. The summed E-state index contributed by atoms with van der Waals surface area (Å²) >= 11 is 3.13. The minimum Gasteiger partial charge on any atom is -0.465 e. The number of aryl methyl sites for hydroxylation is 1. The molecular formula is C16H16N4O2S2. The Balaban J connectivity index is 1.76. The van der Waals surface area contributed by atoms with Crippen LogP contribution >= 0.6 is 22.7 Å². The molecule has 3 aromatic rings. The molecule has 0 amide bonds. The summed E-state index contributed by atoms with van der Waals surface area (Å²) in [5.41, 5.74) is 2.22. The van der Waals surface area contributed by atoms with E-state index in [-0.39, 0.29) is 5.97 Å². The van der Waals surface area contributed by atoms with Crippen LogP contribution in [0.4, 0.5) is 11.5 Å². The lowest BCUT2D eigenvalue weighted by Gasteiger charge is -2.13. The predicted octanol–water partition coefficient (Wildman–Crippen LogP) is 3.24. The molecule has 0 radical (unpaired) electrons. The van der Waals surface area contributed by atoms with Crippen LogP contribution in [-0.2, 0) is 17.7 Å². The van der Waals surface area contributed by atoms with Crippen molar-refractivity contribution in [2.45, 2.75) is 19.9 Å². The Morgan fingerprint density at radius 3 is 3.08 bits per heavy atom. The molecule has 6 nitrogen and oxygen atoms in total. The quantitative estimate of drug-likeness (QED) is 0.699. The summed E-state index contributed by atoms with van der Waals surface area (Å²) in [5.74, 6) is 0.486. The summed E-state index contributed by atoms with van der Waals surface area (Å²) in [4.78, 5) is 24.5. The Morgan fingerprint density at radius 1 is 1.38 bits per heavy atom. The molecule has 24 heavy (non-hydrogen) atoms.